The molecule has 0 fully saturated rings. The zero-order valence-electron chi connectivity index (χ0n) is 17.0. The number of hydrogen-bond donors (Lipinski definition) is 3. The van der Waals surface area contributed by atoms with Gasteiger partial charge in [-0.2, -0.15) is 0 Å². The fraction of sp³-hybridized carbons (Fsp3) is 0.261. The van der Waals surface area contributed by atoms with E-state index in [9.17, 15) is 14.4 Å². The Morgan fingerprint density at radius 1 is 1.00 bits per heavy atom. The Labute approximate surface area is 179 Å². The minimum Gasteiger partial charge on any atom is -0.451 e. The molecule has 8 heteroatoms. The lowest BCUT2D eigenvalue weighted by Gasteiger charge is -2.14. The van der Waals surface area contributed by atoms with Gasteiger partial charge in [-0.25, -0.2) is 4.79 Å². The maximum absolute atomic E-state index is 12.4. The molecule has 3 amide bonds. The van der Waals surface area contributed by atoms with Gasteiger partial charge in [0.2, 0.25) is 5.91 Å². The Kier molecular flexibility index (Phi) is 7.64. The molecule has 0 aliphatic rings. The molecule has 1 atom stereocenters. The highest BCUT2D eigenvalue weighted by Crippen LogP contribution is 2.18. The van der Waals surface area contributed by atoms with Crippen LogP contribution in [0.2, 0.25) is 0 Å². The Balaban J connectivity index is 1.37. The molecule has 3 aromatic rings. The first-order chi connectivity index (χ1) is 15.0. The minimum absolute atomic E-state index is 0.121. The number of nitrogens with two attached hydrogens (primary N) is 1. The summed E-state index contributed by atoms with van der Waals surface area (Å²) in [5.41, 5.74) is 6.92. The van der Waals surface area contributed by atoms with E-state index < -0.39 is 23.9 Å². The number of fused-ring (bicyclic) bond motifs is 1. The fourth-order valence-electron chi connectivity index (χ4n) is 3.05. The minimum atomic E-state index is -0.828. The van der Waals surface area contributed by atoms with Crippen LogP contribution in [0.4, 0.5) is 4.79 Å². The van der Waals surface area contributed by atoms with Crippen molar-refractivity contribution < 1.29 is 23.5 Å². The number of benzene rings is 2. The summed E-state index contributed by atoms with van der Waals surface area (Å²) in [6, 6.07) is 17.4. The van der Waals surface area contributed by atoms with Gasteiger partial charge in [0, 0.05) is 11.9 Å². The molecule has 1 heterocycles. The van der Waals surface area contributed by atoms with Gasteiger partial charge in [0.15, 0.2) is 5.76 Å². The molecule has 1 aromatic heterocycles. The van der Waals surface area contributed by atoms with Crippen molar-refractivity contribution in [2.75, 3.05) is 6.54 Å². The lowest BCUT2D eigenvalue weighted by Crippen LogP contribution is -2.44. The third-order valence-corrected chi connectivity index (χ3v) is 4.70. The van der Waals surface area contributed by atoms with Gasteiger partial charge in [-0.1, -0.05) is 48.5 Å². The van der Waals surface area contributed by atoms with Crippen molar-refractivity contribution in [3.05, 3.63) is 72.0 Å². The predicted molar refractivity (Wildman–Crippen MR) is 115 cm³/mol. The second kappa shape index (κ2) is 10.8. The summed E-state index contributed by atoms with van der Waals surface area (Å²) in [5, 5.41) is 6.07. The fourth-order valence-corrected chi connectivity index (χ4v) is 3.05. The number of amides is 3. The number of furan rings is 1. The van der Waals surface area contributed by atoms with Gasteiger partial charge in [0.25, 0.3) is 5.91 Å². The molecule has 0 saturated carbocycles. The summed E-state index contributed by atoms with van der Waals surface area (Å²) in [7, 11) is 0. The van der Waals surface area contributed by atoms with Crippen molar-refractivity contribution in [2.24, 2.45) is 5.73 Å². The molecular formula is C23H25N3O5. The predicted octanol–water partition coefficient (Wildman–Crippen LogP) is 3.11. The van der Waals surface area contributed by atoms with Crippen LogP contribution in [-0.2, 0) is 16.1 Å². The molecule has 162 valence electrons. The van der Waals surface area contributed by atoms with Crippen LogP contribution in [0.5, 0.6) is 0 Å². The zero-order chi connectivity index (χ0) is 22.1. The quantitative estimate of drug-likeness (QED) is 0.432. The topological polar surface area (TPSA) is 124 Å². The van der Waals surface area contributed by atoms with Gasteiger partial charge in [-0.05, 0) is 37.0 Å². The number of carbonyl (C=O) groups is 3. The van der Waals surface area contributed by atoms with Crippen LogP contribution in [0.25, 0.3) is 11.0 Å². The summed E-state index contributed by atoms with van der Waals surface area (Å²) >= 11 is 0. The highest BCUT2D eigenvalue weighted by molar-refractivity contribution is 5.98. The molecule has 0 aliphatic heterocycles. The Bertz CT molecular complexity index is 999. The van der Waals surface area contributed by atoms with E-state index in [1.807, 2.05) is 48.5 Å². The molecule has 0 aliphatic carbocycles. The van der Waals surface area contributed by atoms with Crippen molar-refractivity contribution in [2.45, 2.75) is 31.9 Å². The van der Waals surface area contributed by atoms with Gasteiger partial charge in [-0.3, -0.25) is 9.59 Å². The molecule has 2 aromatic carbocycles. The van der Waals surface area contributed by atoms with Crippen LogP contribution in [0, 0.1) is 0 Å². The molecule has 0 bridgehead atoms. The second-order valence-electron chi connectivity index (χ2n) is 7.06. The number of nitrogens with one attached hydrogen (secondary N) is 2. The summed E-state index contributed by atoms with van der Waals surface area (Å²) < 4.78 is 10.6. The molecule has 0 unspecified atom stereocenters. The van der Waals surface area contributed by atoms with Crippen molar-refractivity contribution in [3.8, 4) is 0 Å². The van der Waals surface area contributed by atoms with Crippen LogP contribution in [0.3, 0.4) is 0 Å². The summed E-state index contributed by atoms with van der Waals surface area (Å²) in [6.45, 7) is 0.584. The standard InChI is InChI=1S/C23H25N3O5/c24-21(27)18(26-22(28)20-14-17-10-4-5-12-19(17)31-20)11-6-7-13-25-23(29)30-15-16-8-2-1-3-9-16/h1-5,8-10,12,14,18H,6-7,11,13,15H2,(H2,24,27)(H,25,29)(H,26,28)/t18-/m0/s1. The summed E-state index contributed by atoms with van der Waals surface area (Å²) in [4.78, 5) is 35.9. The lowest BCUT2D eigenvalue weighted by molar-refractivity contribution is -0.120. The highest BCUT2D eigenvalue weighted by atomic mass is 16.5. The molecular weight excluding hydrogens is 398 g/mol. The van der Waals surface area contributed by atoms with Gasteiger partial charge in [0.1, 0.15) is 18.2 Å². The first-order valence-electron chi connectivity index (χ1n) is 10.1. The number of ether oxygens (including phenoxy) is 1. The number of hydrogen-bond acceptors (Lipinski definition) is 5. The van der Waals surface area contributed by atoms with Crippen molar-refractivity contribution >= 4 is 28.9 Å². The van der Waals surface area contributed by atoms with Gasteiger partial charge in [0.05, 0.1) is 0 Å². The maximum Gasteiger partial charge on any atom is 0.407 e. The monoisotopic (exact) mass is 423 g/mol. The van der Waals surface area contributed by atoms with E-state index in [-0.39, 0.29) is 12.4 Å². The first kappa shape index (κ1) is 21.9. The Morgan fingerprint density at radius 3 is 2.48 bits per heavy atom. The first-order valence-corrected chi connectivity index (χ1v) is 10.1. The average Bonchev–Trinajstić information content (AvgIpc) is 3.21. The SMILES string of the molecule is NC(=O)[C@H](CCCCNC(=O)OCc1ccccc1)NC(=O)c1cc2ccccc2o1. The van der Waals surface area contributed by atoms with Crippen molar-refractivity contribution in [3.63, 3.8) is 0 Å². The van der Waals surface area contributed by atoms with Gasteiger partial charge in [-0.15, -0.1) is 0 Å². The van der Waals surface area contributed by atoms with Crippen LogP contribution in [0.1, 0.15) is 35.4 Å². The molecule has 3 rings (SSSR count). The third kappa shape index (κ3) is 6.60. The van der Waals surface area contributed by atoms with E-state index in [1.54, 1.807) is 12.1 Å². The van der Waals surface area contributed by atoms with E-state index in [0.29, 0.717) is 31.4 Å². The van der Waals surface area contributed by atoms with Gasteiger partial charge >= 0.3 is 6.09 Å². The lowest BCUT2D eigenvalue weighted by atomic mass is 10.1. The summed E-state index contributed by atoms with van der Waals surface area (Å²) in [6.07, 6.45) is 1.02. The third-order valence-electron chi connectivity index (χ3n) is 4.70. The number of para-hydroxylation sites is 1. The van der Waals surface area contributed by atoms with Crippen LogP contribution in [0.15, 0.2) is 65.1 Å². The molecule has 31 heavy (non-hydrogen) atoms. The Hall–Kier alpha value is -3.81. The molecule has 8 nitrogen and oxygen atoms in total. The molecule has 0 radical (unpaired) electrons. The van der Waals surface area contributed by atoms with E-state index in [2.05, 4.69) is 10.6 Å². The highest BCUT2D eigenvalue weighted by Gasteiger charge is 2.21. The van der Waals surface area contributed by atoms with E-state index >= 15 is 0 Å². The number of carbonyl (C=O) groups excluding carboxylic acids is 3. The maximum atomic E-state index is 12.4. The van der Waals surface area contributed by atoms with Crippen molar-refractivity contribution in [1.29, 1.82) is 0 Å². The molecule has 0 saturated heterocycles. The van der Waals surface area contributed by atoms with E-state index in [1.165, 1.54) is 0 Å². The van der Waals surface area contributed by atoms with Crippen molar-refractivity contribution in [1.82, 2.24) is 10.6 Å². The summed E-state index contributed by atoms with van der Waals surface area (Å²) in [5.74, 6) is -1.00. The second-order valence-corrected chi connectivity index (χ2v) is 7.06. The van der Waals surface area contributed by atoms with Crippen LogP contribution < -0.4 is 16.4 Å². The van der Waals surface area contributed by atoms with Crippen LogP contribution >= 0.6 is 0 Å². The number of primary amides is 1. The van der Waals surface area contributed by atoms with E-state index in [4.69, 9.17) is 14.9 Å². The average molecular weight is 423 g/mol. The number of alkyl carbamates (subject to hydrolysis) is 1. The van der Waals surface area contributed by atoms with Crippen LogP contribution in [-0.4, -0.2) is 30.5 Å². The van der Waals surface area contributed by atoms with Gasteiger partial charge < -0.3 is 25.5 Å². The number of unbranched alkanes of at least 4 members (excludes halogenated alkanes) is 1. The smallest absolute Gasteiger partial charge is 0.407 e. The number of rotatable bonds is 10. The molecule has 0 spiro atoms. The molecule has 4 N–H and O–H groups in total. The normalized spacial score (nSPS) is 11.6. The zero-order valence-corrected chi connectivity index (χ0v) is 17.0. The largest absolute Gasteiger partial charge is 0.451 e. The Morgan fingerprint density at radius 2 is 1.74 bits per heavy atom. The van der Waals surface area contributed by atoms with E-state index in [0.717, 1.165) is 10.9 Å².